The van der Waals surface area contributed by atoms with Gasteiger partial charge in [0.05, 0.1) is 16.7 Å². The molecule has 0 radical (unpaired) electrons. The van der Waals surface area contributed by atoms with Crippen LogP contribution < -0.4 is 4.90 Å². The topological polar surface area (TPSA) is 91.8 Å². The van der Waals surface area contributed by atoms with Gasteiger partial charge in [0.25, 0.3) is 5.91 Å². The van der Waals surface area contributed by atoms with E-state index in [4.69, 9.17) is 11.6 Å². The molecule has 4 rings (SSSR count). The summed E-state index contributed by atoms with van der Waals surface area (Å²) >= 11 is 5.97. The first-order chi connectivity index (χ1) is 15.2. The van der Waals surface area contributed by atoms with Gasteiger partial charge >= 0.3 is 0 Å². The quantitative estimate of drug-likeness (QED) is 0.634. The lowest BCUT2D eigenvalue weighted by Crippen LogP contribution is -2.41. The van der Waals surface area contributed by atoms with Crippen molar-refractivity contribution in [2.75, 3.05) is 23.7 Å². The Morgan fingerprint density at radius 3 is 2.16 bits per heavy atom. The van der Waals surface area contributed by atoms with Gasteiger partial charge in [0.2, 0.25) is 10.0 Å². The van der Waals surface area contributed by atoms with Gasteiger partial charge < -0.3 is 4.90 Å². The zero-order valence-electron chi connectivity index (χ0n) is 17.2. The molecular weight excluding hydrogens is 472 g/mol. The average molecular weight is 495 g/mol. The number of amides is 1. The lowest BCUT2D eigenvalue weighted by molar-refractivity contribution is 0.0983. The summed E-state index contributed by atoms with van der Waals surface area (Å²) in [5.41, 5.74) is 0.756. The summed E-state index contributed by atoms with van der Waals surface area (Å²) in [6.45, 7) is 0.992. The number of anilines is 1. The van der Waals surface area contributed by atoms with E-state index in [1.54, 1.807) is 24.3 Å². The van der Waals surface area contributed by atoms with Crippen molar-refractivity contribution < 1.29 is 21.6 Å². The number of benzene rings is 2. The molecule has 1 fully saturated rings. The van der Waals surface area contributed by atoms with Crippen LogP contribution in [0.3, 0.4) is 0 Å². The molecule has 2 heterocycles. The Morgan fingerprint density at radius 1 is 0.969 bits per heavy atom. The smallest absolute Gasteiger partial charge is 0.258 e. The van der Waals surface area contributed by atoms with Crippen molar-refractivity contribution in [1.82, 2.24) is 4.31 Å². The number of carbonyl (C=O) groups excluding carboxylic acids is 1. The van der Waals surface area contributed by atoms with Crippen molar-refractivity contribution in [1.29, 1.82) is 0 Å². The minimum Gasteiger partial charge on any atom is -0.300 e. The van der Waals surface area contributed by atoms with Gasteiger partial charge in [-0.2, -0.15) is 4.31 Å². The predicted molar refractivity (Wildman–Crippen MR) is 124 cm³/mol. The van der Waals surface area contributed by atoms with Gasteiger partial charge in [-0.25, -0.2) is 16.8 Å². The van der Waals surface area contributed by atoms with Crippen LogP contribution in [-0.2, 0) is 19.9 Å². The Morgan fingerprint density at radius 2 is 1.59 bits per heavy atom. The van der Waals surface area contributed by atoms with Gasteiger partial charge in [-0.3, -0.25) is 4.79 Å². The van der Waals surface area contributed by atoms with E-state index in [0.29, 0.717) is 23.8 Å². The number of hydrogen-bond donors (Lipinski definition) is 0. The van der Waals surface area contributed by atoms with Gasteiger partial charge in [0.1, 0.15) is 0 Å². The minimum absolute atomic E-state index is 0.136. The van der Waals surface area contributed by atoms with Gasteiger partial charge in [-0.1, -0.05) is 18.0 Å². The Labute approximate surface area is 193 Å². The van der Waals surface area contributed by atoms with Crippen LogP contribution in [-0.4, -0.2) is 51.9 Å². The fourth-order valence-electron chi connectivity index (χ4n) is 3.94. The molecule has 0 aliphatic carbocycles. The van der Waals surface area contributed by atoms with E-state index < -0.39 is 31.8 Å². The zero-order valence-corrected chi connectivity index (χ0v) is 19.6. The van der Waals surface area contributed by atoms with Crippen molar-refractivity contribution in [2.24, 2.45) is 0 Å². The largest absolute Gasteiger partial charge is 0.300 e. The summed E-state index contributed by atoms with van der Waals surface area (Å²) in [6.07, 6.45) is 4.18. The van der Waals surface area contributed by atoms with Gasteiger partial charge in [0.15, 0.2) is 9.84 Å². The second kappa shape index (κ2) is 8.97. The van der Waals surface area contributed by atoms with E-state index in [1.807, 2.05) is 0 Å². The molecule has 0 saturated carbocycles. The van der Waals surface area contributed by atoms with Crippen LogP contribution in [0.5, 0.6) is 0 Å². The fraction of sp³-hybridized carbons (Fsp3) is 0.318. The summed E-state index contributed by atoms with van der Waals surface area (Å²) < 4.78 is 51.2. The second-order valence-electron chi connectivity index (χ2n) is 7.87. The highest BCUT2D eigenvalue weighted by molar-refractivity contribution is 7.94. The molecule has 1 saturated heterocycles. The summed E-state index contributed by atoms with van der Waals surface area (Å²) in [7, 11) is -7.01. The molecule has 1 atom stereocenters. The number of hydrogen-bond acceptors (Lipinski definition) is 5. The van der Waals surface area contributed by atoms with Crippen LogP contribution in [0.25, 0.3) is 0 Å². The van der Waals surface area contributed by atoms with Crippen LogP contribution in [0, 0.1) is 0 Å². The molecule has 0 aromatic heterocycles. The van der Waals surface area contributed by atoms with Gasteiger partial charge in [-0.15, -0.1) is 0 Å². The summed E-state index contributed by atoms with van der Waals surface area (Å²) in [6, 6.07) is 11.7. The maximum absolute atomic E-state index is 13.4. The van der Waals surface area contributed by atoms with Crippen LogP contribution in [0.1, 0.15) is 29.6 Å². The van der Waals surface area contributed by atoms with E-state index in [2.05, 4.69) is 0 Å². The predicted octanol–water partition coefficient (Wildman–Crippen LogP) is 3.47. The van der Waals surface area contributed by atoms with Crippen LogP contribution in [0.4, 0.5) is 5.69 Å². The molecule has 0 spiro atoms. The maximum atomic E-state index is 13.4. The molecule has 7 nitrogen and oxygen atoms in total. The highest BCUT2D eigenvalue weighted by Crippen LogP contribution is 2.27. The first-order valence-corrected chi connectivity index (χ1v) is 13.8. The highest BCUT2D eigenvalue weighted by Gasteiger charge is 2.32. The third kappa shape index (κ3) is 4.76. The van der Waals surface area contributed by atoms with Crippen LogP contribution in [0.15, 0.2) is 64.9 Å². The molecule has 170 valence electrons. The standard InChI is InChI=1S/C22H23ClN2O5S2/c23-18-6-8-19(9-7-18)25(20-12-15-31(27,28)16-20)22(26)17-4-10-21(11-5-17)32(29,30)24-13-2-1-3-14-24/h4-12,15,20H,1-3,13-14,16H2. The molecule has 1 amide bonds. The number of sulfonamides is 1. The number of carbonyl (C=O) groups is 1. The van der Waals surface area contributed by atoms with Crippen molar-refractivity contribution >= 4 is 43.1 Å². The Balaban J connectivity index is 1.64. The van der Waals surface area contributed by atoms with E-state index in [0.717, 1.165) is 24.7 Å². The first kappa shape index (κ1) is 23.0. The lowest BCUT2D eigenvalue weighted by atomic mass is 10.1. The van der Waals surface area contributed by atoms with Crippen molar-refractivity contribution in [3.05, 3.63) is 70.6 Å². The van der Waals surface area contributed by atoms with E-state index in [-0.39, 0.29) is 16.2 Å². The zero-order chi connectivity index (χ0) is 22.9. The van der Waals surface area contributed by atoms with E-state index in [1.165, 1.54) is 39.5 Å². The number of sulfone groups is 1. The number of halogens is 1. The Hall–Kier alpha value is -2.20. The molecule has 2 aromatic carbocycles. The molecule has 0 bridgehead atoms. The molecule has 10 heteroatoms. The number of rotatable bonds is 5. The molecular formula is C22H23ClN2O5S2. The molecule has 2 aromatic rings. The van der Waals surface area contributed by atoms with E-state index >= 15 is 0 Å². The second-order valence-corrected chi connectivity index (χ2v) is 12.2. The monoisotopic (exact) mass is 494 g/mol. The number of nitrogens with zero attached hydrogens (tertiary/aromatic N) is 2. The number of piperidine rings is 1. The lowest BCUT2D eigenvalue weighted by Gasteiger charge is -2.28. The molecule has 2 aliphatic heterocycles. The van der Waals surface area contributed by atoms with Crippen molar-refractivity contribution in [2.45, 2.75) is 30.2 Å². The molecule has 32 heavy (non-hydrogen) atoms. The minimum atomic E-state index is -3.61. The highest BCUT2D eigenvalue weighted by atomic mass is 35.5. The van der Waals surface area contributed by atoms with E-state index in [9.17, 15) is 21.6 Å². The normalized spacial score (nSPS) is 20.8. The van der Waals surface area contributed by atoms with Crippen molar-refractivity contribution in [3.63, 3.8) is 0 Å². The maximum Gasteiger partial charge on any atom is 0.258 e. The Kier molecular flexibility index (Phi) is 6.44. The third-order valence-corrected chi connectivity index (χ3v) is 9.16. The molecule has 2 aliphatic rings. The summed E-state index contributed by atoms with van der Waals surface area (Å²) in [4.78, 5) is 14.9. The first-order valence-electron chi connectivity index (χ1n) is 10.3. The van der Waals surface area contributed by atoms with Gasteiger partial charge in [0, 0.05) is 34.8 Å². The fourth-order valence-corrected chi connectivity index (χ4v) is 6.86. The summed E-state index contributed by atoms with van der Waals surface area (Å²) in [5, 5.41) is 1.60. The molecule has 0 N–H and O–H groups in total. The van der Waals surface area contributed by atoms with Crippen LogP contribution in [0.2, 0.25) is 5.02 Å². The van der Waals surface area contributed by atoms with Gasteiger partial charge in [-0.05, 0) is 67.4 Å². The molecule has 1 unspecified atom stereocenters. The Bertz CT molecular complexity index is 1230. The summed E-state index contributed by atoms with van der Waals surface area (Å²) in [5.74, 6) is -0.649. The average Bonchev–Trinajstić information content (AvgIpc) is 3.15. The van der Waals surface area contributed by atoms with Crippen LogP contribution >= 0.6 is 11.6 Å². The SMILES string of the molecule is O=C(c1ccc(S(=O)(=O)N2CCCCC2)cc1)N(c1ccc(Cl)cc1)C1C=CS(=O)(=O)C1. The third-order valence-electron chi connectivity index (χ3n) is 5.62. The van der Waals surface area contributed by atoms with Crippen molar-refractivity contribution in [3.8, 4) is 0 Å².